The molecule has 74 heavy (non-hydrogen) atoms. The van der Waals surface area contributed by atoms with E-state index in [2.05, 4.69) is 39.5 Å². The van der Waals surface area contributed by atoms with Gasteiger partial charge in [-0.2, -0.15) is 0 Å². The average Bonchev–Trinajstić information content (AvgIpc) is 3.43. The highest BCUT2D eigenvalue weighted by Gasteiger charge is 2.29. The van der Waals surface area contributed by atoms with E-state index in [9.17, 15) is 39.0 Å². The number of rotatable bonds is 34. The number of aliphatic hydroxyl groups excluding tert-OH is 2. The van der Waals surface area contributed by atoms with Crippen molar-refractivity contribution in [3.63, 3.8) is 0 Å². The predicted molar refractivity (Wildman–Crippen MR) is 271 cm³/mol. The smallest absolute Gasteiger partial charge is 0.330 e. The minimum Gasteiger partial charge on any atom is -0.493 e. The van der Waals surface area contributed by atoms with Crippen LogP contribution in [-0.2, 0) is 52.5 Å². The minimum atomic E-state index is -1.12. The van der Waals surface area contributed by atoms with Crippen molar-refractivity contribution in [2.45, 2.75) is 36.6 Å². The molecule has 2 N–H and O–H groups in total. The van der Waals surface area contributed by atoms with Crippen molar-refractivity contribution in [3.05, 3.63) is 195 Å². The number of allylic oxidation sites excluding steroid dienone is 1. The standard InChI is InChI=1S/C57H60O17/c1-7-43(58)29-38(31-70-51(61)8-2)30-66-46-21-13-39(14-22-46)56(40-15-23-47(24-16-40)67-32-44(59)34-71-52(62)9-3)57(41-17-25-48(26-18-41)68-33-45(60)35-72-53(63)10-4)42-19-27-49(28-20-42)69-36-50(74-55(65)12-6)37-73-54(64)11-5/h7-28,38,44-45,50,56-57,59-60H,1-6,29-37H2. The first-order valence-electron chi connectivity index (χ1n) is 23.1. The number of carbonyl (C=O) groups excluding carboxylic acids is 6. The van der Waals surface area contributed by atoms with Crippen LogP contribution in [0.4, 0.5) is 0 Å². The number of ketones is 1. The number of ether oxygens (including phenoxy) is 9. The van der Waals surface area contributed by atoms with Crippen molar-refractivity contribution in [1.82, 2.24) is 0 Å². The molecule has 0 saturated heterocycles. The molecule has 4 aromatic rings. The van der Waals surface area contributed by atoms with E-state index in [0.29, 0.717) is 23.0 Å². The van der Waals surface area contributed by atoms with Gasteiger partial charge in [-0.05, 0) is 76.9 Å². The first-order chi connectivity index (χ1) is 35.7. The van der Waals surface area contributed by atoms with Gasteiger partial charge >= 0.3 is 29.8 Å². The summed E-state index contributed by atoms with van der Waals surface area (Å²) in [4.78, 5) is 71.1. The molecular formula is C57H60O17. The van der Waals surface area contributed by atoms with Crippen LogP contribution in [0.15, 0.2) is 173 Å². The fourth-order valence-corrected chi connectivity index (χ4v) is 6.95. The number of hydrogen-bond acceptors (Lipinski definition) is 17. The Balaban J connectivity index is 1.76. The molecule has 0 aliphatic heterocycles. The van der Waals surface area contributed by atoms with Crippen LogP contribution in [-0.4, -0.2) is 117 Å². The molecule has 17 heteroatoms. The molecule has 0 radical (unpaired) electrons. The normalized spacial score (nSPS) is 13.0. The SMILES string of the molecule is C=CC(=O)CC(COC(=O)C=C)COc1ccc(C(c2ccc(OCC(O)COC(=O)C=C)cc2)C(c2ccc(OCC(O)COC(=O)C=C)cc2)c2ccc(OCC(COC(=O)C=C)OC(=O)C=C)cc2)cc1. The van der Waals surface area contributed by atoms with Gasteiger partial charge in [0.25, 0.3) is 0 Å². The summed E-state index contributed by atoms with van der Waals surface area (Å²) in [5.41, 5.74) is 3.28. The largest absolute Gasteiger partial charge is 0.493 e. The Morgan fingerprint density at radius 3 is 1.03 bits per heavy atom. The Bertz CT molecular complexity index is 2350. The summed E-state index contributed by atoms with van der Waals surface area (Å²) >= 11 is 0. The third-order valence-electron chi connectivity index (χ3n) is 10.6. The summed E-state index contributed by atoms with van der Waals surface area (Å²) in [6.45, 7) is 19.0. The first kappa shape index (κ1) is 58.0. The number of aliphatic hydroxyl groups is 2. The van der Waals surface area contributed by atoms with Crippen molar-refractivity contribution in [3.8, 4) is 23.0 Å². The Kier molecular flexibility index (Phi) is 24.3. The average molecular weight is 1020 g/mol. The zero-order chi connectivity index (χ0) is 53.8. The van der Waals surface area contributed by atoms with E-state index in [1.807, 2.05) is 48.5 Å². The van der Waals surface area contributed by atoms with Crippen LogP contribution in [0.25, 0.3) is 0 Å². The summed E-state index contributed by atoms with van der Waals surface area (Å²) in [5, 5.41) is 20.8. The van der Waals surface area contributed by atoms with Crippen LogP contribution in [0.3, 0.4) is 0 Å². The Morgan fingerprint density at radius 2 is 0.689 bits per heavy atom. The molecule has 0 amide bonds. The Morgan fingerprint density at radius 1 is 0.378 bits per heavy atom. The van der Waals surface area contributed by atoms with Gasteiger partial charge in [0.2, 0.25) is 0 Å². The molecule has 0 heterocycles. The highest BCUT2D eigenvalue weighted by molar-refractivity contribution is 5.89. The lowest BCUT2D eigenvalue weighted by Gasteiger charge is -2.30. The number of carbonyl (C=O) groups is 6. The second-order valence-electron chi connectivity index (χ2n) is 16.1. The highest BCUT2D eigenvalue weighted by atomic mass is 16.6. The van der Waals surface area contributed by atoms with Crippen molar-refractivity contribution in [2.75, 3.05) is 52.9 Å². The molecule has 0 aliphatic carbocycles. The molecule has 0 aromatic heterocycles. The number of esters is 5. The molecule has 17 nitrogen and oxygen atoms in total. The van der Waals surface area contributed by atoms with Gasteiger partial charge in [-0.25, -0.2) is 24.0 Å². The van der Waals surface area contributed by atoms with E-state index in [1.54, 1.807) is 48.5 Å². The van der Waals surface area contributed by atoms with Crippen LogP contribution in [0, 0.1) is 5.92 Å². The van der Waals surface area contributed by atoms with E-state index < -0.39 is 65.9 Å². The van der Waals surface area contributed by atoms with Gasteiger partial charge in [0.15, 0.2) is 11.9 Å². The third-order valence-corrected chi connectivity index (χ3v) is 10.6. The van der Waals surface area contributed by atoms with Crippen molar-refractivity contribution >= 4 is 35.6 Å². The van der Waals surface area contributed by atoms with Crippen molar-refractivity contribution in [2.24, 2.45) is 5.92 Å². The van der Waals surface area contributed by atoms with Gasteiger partial charge in [-0.1, -0.05) is 88.0 Å². The fraction of sp³-hybridized carbons (Fsp3) is 0.263. The summed E-state index contributed by atoms with van der Waals surface area (Å²) < 4.78 is 49.4. The zero-order valence-electron chi connectivity index (χ0n) is 40.8. The third kappa shape index (κ3) is 19.9. The second-order valence-corrected chi connectivity index (χ2v) is 16.1. The molecule has 4 rings (SSSR count). The maximum absolute atomic E-state index is 12.3. The monoisotopic (exact) mass is 1020 g/mol. The van der Waals surface area contributed by atoms with Gasteiger partial charge < -0.3 is 52.8 Å². The predicted octanol–water partition coefficient (Wildman–Crippen LogP) is 6.66. The van der Waals surface area contributed by atoms with Gasteiger partial charge in [-0.3, -0.25) is 4.79 Å². The number of benzene rings is 4. The Hall–Kier alpha value is -8.54. The minimum absolute atomic E-state index is 0.0328. The lowest BCUT2D eigenvalue weighted by molar-refractivity contribution is -0.154. The maximum atomic E-state index is 12.3. The van der Waals surface area contributed by atoms with Gasteiger partial charge in [0.1, 0.15) is 74.8 Å². The van der Waals surface area contributed by atoms with E-state index in [-0.39, 0.29) is 65.1 Å². The van der Waals surface area contributed by atoms with Crippen LogP contribution in [0.1, 0.15) is 40.5 Å². The van der Waals surface area contributed by atoms with Crippen LogP contribution in [0.5, 0.6) is 23.0 Å². The van der Waals surface area contributed by atoms with E-state index in [0.717, 1.165) is 52.6 Å². The maximum Gasteiger partial charge on any atom is 0.330 e. The van der Waals surface area contributed by atoms with Gasteiger partial charge in [-0.15, -0.1) is 0 Å². The summed E-state index contributed by atoms with van der Waals surface area (Å²) in [5.74, 6) is -3.38. The lowest BCUT2D eigenvalue weighted by atomic mass is 9.73. The molecule has 0 fully saturated rings. The molecule has 4 aromatic carbocycles. The highest BCUT2D eigenvalue weighted by Crippen LogP contribution is 2.44. The molecule has 0 saturated carbocycles. The van der Waals surface area contributed by atoms with Crippen LogP contribution < -0.4 is 18.9 Å². The van der Waals surface area contributed by atoms with Crippen molar-refractivity contribution < 1.29 is 81.6 Å². The topological polar surface area (TPSA) is 226 Å². The second kappa shape index (κ2) is 31.0. The molecule has 390 valence electrons. The number of hydrogen-bond donors (Lipinski definition) is 2. The molecule has 0 spiro atoms. The van der Waals surface area contributed by atoms with Crippen LogP contribution >= 0.6 is 0 Å². The molecular weight excluding hydrogens is 957 g/mol. The molecule has 0 bridgehead atoms. The molecule has 6 atom stereocenters. The van der Waals surface area contributed by atoms with Crippen LogP contribution in [0.2, 0.25) is 0 Å². The quantitative estimate of drug-likeness (QED) is 0.0283. The molecule has 0 aliphatic rings. The van der Waals surface area contributed by atoms with E-state index >= 15 is 0 Å². The first-order valence-corrected chi connectivity index (χ1v) is 23.1. The summed E-state index contributed by atoms with van der Waals surface area (Å²) in [7, 11) is 0. The summed E-state index contributed by atoms with van der Waals surface area (Å²) in [6.07, 6.45) is 3.01. The van der Waals surface area contributed by atoms with Gasteiger partial charge in [0, 0.05) is 54.6 Å². The van der Waals surface area contributed by atoms with E-state index in [1.165, 1.54) is 6.08 Å². The van der Waals surface area contributed by atoms with Crippen molar-refractivity contribution in [1.29, 1.82) is 0 Å². The lowest BCUT2D eigenvalue weighted by Crippen LogP contribution is -2.30. The Labute approximate surface area is 429 Å². The molecule has 6 unspecified atom stereocenters. The van der Waals surface area contributed by atoms with Gasteiger partial charge in [0.05, 0.1) is 13.2 Å². The zero-order valence-corrected chi connectivity index (χ0v) is 40.8. The summed E-state index contributed by atoms with van der Waals surface area (Å²) in [6, 6.07) is 29.1. The fourth-order valence-electron chi connectivity index (χ4n) is 6.95. The van der Waals surface area contributed by atoms with E-state index in [4.69, 9.17) is 42.6 Å².